The summed E-state index contributed by atoms with van der Waals surface area (Å²) in [6.07, 6.45) is 0.864. The molecule has 0 aromatic carbocycles. The van der Waals surface area contributed by atoms with Gasteiger partial charge >= 0.3 is 5.97 Å². The number of carbonyl (C=O) groups is 2. The molecule has 0 unspecified atom stereocenters. The van der Waals surface area contributed by atoms with Gasteiger partial charge in [0, 0.05) is 6.08 Å². The van der Waals surface area contributed by atoms with Crippen molar-refractivity contribution in [3.05, 3.63) is 11.8 Å². The minimum Gasteiger partial charge on any atom is -0.481 e. The first-order valence-corrected chi connectivity index (χ1v) is 2.56. The van der Waals surface area contributed by atoms with Crippen LogP contribution < -0.4 is 0 Å². The molecule has 0 saturated heterocycles. The molecule has 5 heteroatoms. The summed E-state index contributed by atoms with van der Waals surface area (Å²) in [5.74, 6) is -1.50. The summed E-state index contributed by atoms with van der Waals surface area (Å²) in [5, 5.41) is 14.6. The molecule has 0 atom stereocenters. The lowest BCUT2D eigenvalue weighted by Gasteiger charge is -1.85. The van der Waals surface area contributed by atoms with E-state index < -0.39 is 11.9 Å². The lowest BCUT2D eigenvalue weighted by atomic mass is 10.3. The number of hydrogen-bond donors (Lipinski definition) is 1. The number of carboxylic acids is 1. The predicted octanol–water partition coefficient (Wildman–Crippen LogP) is 0.337. The first-order chi connectivity index (χ1) is 4.68. The molecule has 1 aliphatic rings. The van der Waals surface area contributed by atoms with Crippen LogP contribution in [0.4, 0.5) is 0 Å². The second-order valence-electron chi connectivity index (χ2n) is 1.74. The van der Waals surface area contributed by atoms with Gasteiger partial charge in [-0.1, -0.05) is 0 Å². The standard InChI is InChI=1S/C5H4N2O3/c8-4-1-3(6-7-4)2-5(9)10/h1H,2H2,(H,9,10). The van der Waals surface area contributed by atoms with Crippen molar-refractivity contribution in [2.24, 2.45) is 10.2 Å². The molecule has 0 radical (unpaired) electrons. The normalized spacial score (nSPS) is 15.6. The van der Waals surface area contributed by atoms with Gasteiger partial charge in [0.05, 0.1) is 12.1 Å². The zero-order chi connectivity index (χ0) is 7.56. The number of rotatable bonds is 2. The maximum atomic E-state index is 10.3. The molecule has 0 aliphatic carbocycles. The highest BCUT2D eigenvalue weighted by Crippen LogP contribution is 2.10. The minimum absolute atomic E-state index is 0.206. The van der Waals surface area contributed by atoms with E-state index in [4.69, 9.17) is 5.11 Å². The third-order valence-corrected chi connectivity index (χ3v) is 0.899. The number of aliphatic carboxylic acids is 1. The van der Waals surface area contributed by atoms with E-state index in [9.17, 15) is 9.59 Å². The van der Waals surface area contributed by atoms with Crippen LogP contribution in [0.15, 0.2) is 22.0 Å². The van der Waals surface area contributed by atoms with Crippen LogP contribution in [-0.4, -0.2) is 17.0 Å². The van der Waals surface area contributed by atoms with Crippen LogP contribution in [0.3, 0.4) is 0 Å². The highest BCUT2D eigenvalue weighted by atomic mass is 16.4. The largest absolute Gasteiger partial charge is 0.481 e. The highest BCUT2D eigenvalue weighted by molar-refractivity contribution is 5.91. The van der Waals surface area contributed by atoms with Gasteiger partial charge in [0.1, 0.15) is 0 Å². The average Bonchev–Trinajstić information content (AvgIpc) is 2.13. The molecule has 0 aromatic heterocycles. The van der Waals surface area contributed by atoms with Crippen molar-refractivity contribution in [3.8, 4) is 0 Å². The molecule has 0 aromatic rings. The Labute approximate surface area is 56.1 Å². The van der Waals surface area contributed by atoms with Gasteiger partial charge in [0.2, 0.25) is 0 Å². The lowest BCUT2D eigenvalue weighted by molar-refractivity contribution is -0.136. The summed E-state index contributed by atoms with van der Waals surface area (Å²) in [5.41, 5.74) is 0.206. The van der Waals surface area contributed by atoms with E-state index in [0.29, 0.717) is 0 Å². The van der Waals surface area contributed by atoms with Crippen molar-refractivity contribution >= 4 is 11.9 Å². The fraction of sp³-hybridized carbons (Fsp3) is 0.200. The van der Waals surface area contributed by atoms with E-state index in [1.54, 1.807) is 0 Å². The molecule has 1 rings (SSSR count). The van der Waals surface area contributed by atoms with Crippen molar-refractivity contribution in [2.75, 3.05) is 0 Å². The SMILES string of the molecule is O=C(O)CC1=CC(=O)N=N1. The Morgan fingerprint density at radius 2 is 2.30 bits per heavy atom. The molecule has 0 spiro atoms. The van der Waals surface area contributed by atoms with E-state index in [1.165, 1.54) is 0 Å². The van der Waals surface area contributed by atoms with Gasteiger partial charge in [-0.15, -0.1) is 5.11 Å². The summed E-state index contributed by atoms with van der Waals surface area (Å²) in [7, 11) is 0. The molecule has 1 aliphatic heterocycles. The van der Waals surface area contributed by atoms with Crippen LogP contribution in [0.2, 0.25) is 0 Å². The smallest absolute Gasteiger partial charge is 0.309 e. The zero-order valence-corrected chi connectivity index (χ0v) is 4.94. The Morgan fingerprint density at radius 3 is 2.70 bits per heavy atom. The molecule has 5 nitrogen and oxygen atoms in total. The molecule has 0 saturated carbocycles. The Bertz CT molecular complexity index is 241. The Morgan fingerprint density at radius 1 is 1.60 bits per heavy atom. The molecule has 1 N–H and O–H groups in total. The van der Waals surface area contributed by atoms with E-state index >= 15 is 0 Å². The van der Waals surface area contributed by atoms with Gasteiger partial charge in [0.25, 0.3) is 5.91 Å². The molecule has 0 bridgehead atoms. The van der Waals surface area contributed by atoms with Gasteiger partial charge in [-0.2, -0.15) is 5.11 Å². The Balaban J connectivity index is 2.60. The van der Waals surface area contributed by atoms with Gasteiger partial charge in [0.15, 0.2) is 0 Å². The first-order valence-electron chi connectivity index (χ1n) is 2.56. The molecule has 1 amide bonds. The first kappa shape index (κ1) is 6.60. The number of amides is 1. The second kappa shape index (κ2) is 2.38. The van der Waals surface area contributed by atoms with E-state index in [-0.39, 0.29) is 12.1 Å². The molecule has 0 fully saturated rings. The molecule has 52 valence electrons. The third kappa shape index (κ3) is 1.48. The summed E-state index contributed by atoms with van der Waals surface area (Å²) in [6.45, 7) is 0. The van der Waals surface area contributed by atoms with Crippen LogP contribution in [0, 0.1) is 0 Å². The van der Waals surface area contributed by atoms with Gasteiger partial charge in [-0.05, 0) is 0 Å². The summed E-state index contributed by atoms with van der Waals surface area (Å²) in [6, 6.07) is 0. The van der Waals surface area contributed by atoms with Crippen molar-refractivity contribution in [2.45, 2.75) is 6.42 Å². The van der Waals surface area contributed by atoms with Crippen molar-refractivity contribution in [1.29, 1.82) is 0 Å². The third-order valence-electron chi connectivity index (χ3n) is 0.899. The van der Waals surface area contributed by atoms with E-state index in [2.05, 4.69) is 10.2 Å². The number of nitrogens with zero attached hydrogens (tertiary/aromatic N) is 2. The number of carbonyl (C=O) groups excluding carboxylic acids is 1. The quantitative estimate of drug-likeness (QED) is 0.600. The summed E-state index contributed by atoms with van der Waals surface area (Å²) in [4.78, 5) is 20.3. The fourth-order valence-corrected chi connectivity index (χ4v) is 0.555. The van der Waals surface area contributed by atoms with Gasteiger partial charge in [-0.3, -0.25) is 9.59 Å². The van der Waals surface area contributed by atoms with Gasteiger partial charge < -0.3 is 5.11 Å². The van der Waals surface area contributed by atoms with E-state index in [0.717, 1.165) is 6.08 Å². The van der Waals surface area contributed by atoms with Crippen LogP contribution >= 0.6 is 0 Å². The number of hydrogen-bond acceptors (Lipinski definition) is 3. The predicted molar refractivity (Wildman–Crippen MR) is 30.2 cm³/mol. The molecular weight excluding hydrogens is 136 g/mol. The number of carboxylic acid groups (broad SMARTS) is 1. The number of azo groups is 1. The monoisotopic (exact) mass is 140 g/mol. The van der Waals surface area contributed by atoms with E-state index in [1.807, 2.05) is 0 Å². The van der Waals surface area contributed by atoms with Crippen LogP contribution in [0.1, 0.15) is 6.42 Å². The lowest BCUT2D eigenvalue weighted by Crippen LogP contribution is -1.94. The van der Waals surface area contributed by atoms with Crippen molar-refractivity contribution in [3.63, 3.8) is 0 Å². The van der Waals surface area contributed by atoms with Crippen molar-refractivity contribution < 1.29 is 14.7 Å². The Hall–Kier alpha value is -1.52. The summed E-state index contributed by atoms with van der Waals surface area (Å²) >= 11 is 0. The minimum atomic E-state index is -1.01. The molecular formula is C5H4N2O3. The second-order valence-corrected chi connectivity index (χ2v) is 1.74. The fourth-order valence-electron chi connectivity index (χ4n) is 0.555. The average molecular weight is 140 g/mol. The van der Waals surface area contributed by atoms with Crippen LogP contribution in [-0.2, 0) is 9.59 Å². The molecule has 1 heterocycles. The topological polar surface area (TPSA) is 79.1 Å². The Kier molecular flexibility index (Phi) is 1.57. The maximum Gasteiger partial charge on any atom is 0.309 e. The zero-order valence-electron chi connectivity index (χ0n) is 4.94. The maximum absolute atomic E-state index is 10.3. The van der Waals surface area contributed by atoms with Gasteiger partial charge in [-0.25, -0.2) is 0 Å². The van der Waals surface area contributed by atoms with Crippen molar-refractivity contribution in [1.82, 2.24) is 0 Å². The van der Waals surface area contributed by atoms with Crippen LogP contribution in [0.5, 0.6) is 0 Å². The van der Waals surface area contributed by atoms with Crippen LogP contribution in [0.25, 0.3) is 0 Å². The highest BCUT2D eigenvalue weighted by Gasteiger charge is 2.10. The molecule has 10 heavy (non-hydrogen) atoms. The summed E-state index contributed by atoms with van der Waals surface area (Å²) < 4.78 is 0.